The Labute approximate surface area is 56.4 Å². The molecule has 0 aromatic rings. The molecule has 1 heterocycles. The third kappa shape index (κ3) is 2.22. The van der Waals surface area contributed by atoms with Crippen molar-refractivity contribution in [2.45, 2.75) is 0 Å². The van der Waals surface area contributed by atoms with Crippen LogP contribution in [0.25, 0.3) is 0 Å². The highest BCUT2D eigenvalue weighted by molar-refractivity contribution is 9.18. The summed E-state index contributed by atoms with van der Waals surface area (Å²) in [5.74, 6) is 0. The fourth-order valence-corrected chi connectivity index (χ4v) is 42.6. The molecular weight excluding hydrogens is 184 g/mol. The summed E-state index contributed by atoms with van der Waals surface area (Å²) in [5.41, 5.74) is 0. The standard InChI is InChI=1S/H4S4Si2/c1-2-6-4-3-5-1/h5-6H2. The lowest BCUT2D eigenvalue weighted by molar-refractivity contribution is 4.70. The van der Waals surface area contributed by atoms with Crippen LogP contribution in [0.1, 0.15) is 0 Å². The zero-order chi connectivity index (χ0) is 4.24. The molecule has 0 nitrogen and oxygen atoms in total. The van der Waals surface area contributed by atoms with Gasteiger partial charge in [-0.3, -0.25) is 0 Å². The van der Waals surface area contributed by atoms with E-state index in [1.165, 1.54) is 0 Å². The van der Waals surface area contributed by atoms with Gasteiger partial charge in [0.1, 0.15) is 0 Å². The summed E-state index contributed by atoms with van der Waals surface area (Å²) < 4.78 is 0. The molecule has 1 aliphatic heterocycles. The molecule has 0 saturated carbocycles. The van der Waals surface area contributed by atoms with Gasteiger partial charge in [-0.15, -0.1) is 41.0 Å². The molecule has 0 unspecified atom stereocenters. The van der Waals surface area contributed by atoms with E-state index in [2.05, 4.69) is 41.0 Å². The van der Waals surface area contributed by atoms with Crippen molar-refractivity contribution in [1.82, 2.24) is 0 Å². The minimum absolute atomic E-state index is 0.302. The average molecular weight is 188 g/mol. The van der Waals surface area contributed by atoms with Gasteiger partial charge in [-0.2, -0.15) is 0 Å². The molecule has 1 fully saturated rings. The maximum atomic E-state index is 2.15. The van der Waals surface area contributed by atoms with Gasteiger partial charge in [0.25, 0.3) is 0 Å². The van der Waals surface area contributed by atoms with Crippen molar-refractivity contribution in [3.05, 3.63) is 0 Å². The Bertz CT molecular complexity index is 21.0. The van der Waals surface area contributed by atoms with Gasteiger partial charge in [-0.05, 0) is 0 Å². The minimum atomic E-state index is 0.302. The quantitative estimate of drug-likeness (QED) is 0.406. The molecule has 1 rings (SSSR count). The molecule has 0 aromatic carbocycles. The van der Waals surface area contributed by atoms with Crippen LogP contribution in [0.15, 0.2) is 0 Å². The lowest BCUT2D eigenvalue weighted by Gasteiger charge is -2.03. The van der Waals surface area contributed by atoms with Crippen LogP contribution in [0.2, 0.25) is 0 Å². The van der Waals surface area contributed by atoms with Gasteiger partial charge in [0.05, 0.1) is 0 Å². The van der Waals surface area contributed by atoms with Crippen molar-refractivity contribution in [3.63, 3.8) is 0 Å². The Morgan fingerprint density at radius 2 is 1.00 bits per heavy atom. The second-order valence-corrected chi connectivity index (χ2v) is 19.1. The second kappa shape index (κ2) is 3.79. The lowest BCUT2D eigenvalue weighted by atomic mass is 27.5. The van der Waals surface area contributed by atoms with Crippen LogP contribution in [0, 0.1) is 0 Å². The van der Waals surface area contributed by atoms with Crippen LogP contribution in [0.5, 0.6) is 0 Å². The molecule has 1 aliphatic rings. The molecule has 0 spiro atoms. The topological polar surface area (TPSA) is 0 Å². The predicted molar refractivity (Wildman–Crippen MR) is 47.5 cm³/mol. The molecule has 0 atom stereocenters. The van der Waals surface area contributed by atoms with Crippen LogP contribution in [-0.4, -0.2) is 15.6 Å². The summed E-state index contributed by atoms with van der Waals surface area (Å²) in [6, 6.07) is 0. The largest absolute Gasteiger partial charge is 0.172 e. The first kappa shape index (κ1) is 5.96. The van der Waals surface area contributed by atoms with Gasteiger partial charge >= 0.3 is 0 Å². The normalized spacial score (nSPS) is 32.0. The second-order valence-electron chi connectivity index (χ2n) is 0.707. The highest BCUT2D eigenvalue weighted by Gasteiger charge is 1.99. The van der Waals surface area contributed by atoms with Crippen LogP contribution in [0.4, 0.5) is 0 Å². The maximum absolute atomic E-state index is 2.15. The molecule has 6 heteroatoms. The molecule has 0 N–H and O–H groups in total. The summed E-state index contributed by atoms with van der Waals surface area (Å²) in [6.45, 7) is 0. The molecule has 36 valence electrons. The number of hydrogen-bond acceptors (Lipinski definition) is 4. The molecule has 6 heavy (non-hydrogen) atoms. The Balaban J connectivity index is 2.00. The van der Waals surface area contributed by atoms with E-state index in [9.17, 15) is 0 Å². The summed E-state index contributed by atoms with van der Waals surface area (Å²) >= 11 is 0. The SMILES string of the molecule is [SiH2]1SS[SiH2]SS1. The van der Waals surface area contributed by atoms with E-state index in [4.69, 9.17) is 0 Å². The van der Waals surface area contributed by atoms with Crippen molar-refractivity contribution in [2.75, 3.05) is 0 Å². The Hall–Kier alpha value is 1.83. The van der Waals surface area contributed by atoms with E-state index in [-0.39, 0.29) is 0 Å². The molecule has 1 saturated heterocycles. The van der Waals surface area contributed by atoms with Gasteiger partial charge < -0.3 is 0 Å². The fourth-order valence-electron chi connectivity index (χ4n) is 0.175. The van der Waals surface area contributed by atoms with Gasteiger partial charge in [0.2, 0.25) is 0 Å². The summed E-state index contributed by atoms with van der Waals surface area (Å²) in [6.07, 6.45) is 0. The Morgan fingerprint density at radius 3 is 1.17 bits per heavy atom. The van der Waals surface area contributed by atoms with Crippen molar-refractivity contribution >= 4 is 56.6 Å². The highest BCUT2D eigenvalue weighted by Crippen LogP contribution is 2.38. The first-order chi connectivity index (χ1) is 3.00. The Morgan fingerprint density at radius 1 is 0.667 bits per heavy atom. The van der Waals surface area contributed by atoms with Gasteiger partial charge in [0.15, 0.2) is 15.6 Å². The van der Waals surface area contributed by atoms with E-state index in [1.54, 1.807) is 0 Å². The van der Waals surface area contributed by atoms with Crippen LogP contribution >= 0.6 is 41.0 Å². The van der Waals surface area contributed by atoms with E-state index in [1.807, 2.05) is 0 Å². The molecule has 0 aromatic heterocycles. The van der Waals surface area contributed by atoms with E-state index >= 15 is 0 Å². The molecular formula is H4S4Si2. The predicted octanol–water partition coefficient (Wildman–Crippen LogP) is 0.760. The first-order valence-electron chi connectivity index (χ1n) is 1.49. The summed E-state index contributed by atoms with van der Waals surface area (Å²) in [4.78, 5) is 0. The number of hydrogen-bond donors (Lipinski definition) is 0. The van der Waals surface area contributed by atoms with Gasteiger partial charge in [0, 0.05) is 0 Å². The van der Waals surface area contributed by atoms with E-state index < -0.39 is 0 Å². The first-order valence-corrected chi connectivity index (χ1v) is 13.4. The van der Waals surface area contributed by atoms with Crippen LogP contribution in [-0.2, 0) is 0 Å². The molecule has 0 aliphatic carbocycles. The van der Waals surface area contributed by atoms with Gasteiger partial charge in [-0.25, -0.2) is 0 Å². The molecule has 0 amide bonds. The summed E-state index contributed by atoms with van der Waals surface area (Å²) in [7, 11) is 9.22. The van der Waals surface area contributed by atoms with Crippen molar-refractivity contribution < 1.29 is 0 Å². The monoisotopic (exact) mass is 188 g/mol. The Kier molecular flexibility index (Phi) is 3.77. The zero-order valence-corrected chi connectivity index (χ0v) is 9.14. The minimum Gasteiger partial charge on any atom is -0.121 e. The van der Waals surface area contributed by atoms with Crippen LogP contribution in [0.3, 0.4) is 0 Å². The zero-order valence-electron chi connectivity index (χ0n) is 3.05. The molecule has 0 bridgehead atoms. The number of rotatable bonds is 0. The van der Waals surface area contributed by atoms with E-state index in [0.29, 0.717) is 15.6 Å². The van der Waals surface area contributed by atoms with Gasteiger partial charge in [-0.1, -0.05) is 0 Å². The third-order valence-electron chi connectivity index (χ3n) is 0.359. The highest BCUT2D eigenvalue weighted by atomic mass is 33.4. The average Bonchev–Trinajstić information content (AvgIpc) is 1.72. The smallest absolute Gasteiger partial charge is 0.121 e. The summed E-state index contributed by atoms with van der Waals surface area (Å²) in [5, 5.41) is 0. The maximum Gasteiger partial charge on any atom is 0.172 e. The fraction of sp³-hybridized carbons (Fsp3) is 0. The van der Waals surface area contributed by atoms with Crippen molar-refractivity contribution in [1.29, 1.82) is 0 Å². The van der Waals surface area contributed by atoms with E-state index in [0.717, 1.165) is 0 Å². The van der Waals surface area contributed by atoms with Crippen LogP contribution < -0.4 is 0 Å². The third-order valence-corrected chi connectivity index (χ3v) is 29.1. The lowest BCUT2D eigenvalue weighted by Crippen LogP contribution is -1.78. The molecule has 0 radical (unpaired) electrons. The van der Waals surface area contributed by atoms with Crippen molar-refractivity contribution in [2.24, 2.45) is 0 Å². The van der Waals surface area contributed by atoms with Crippen molar-refractivity contribution in [3.8, 4) is 0 Å².